The minimum Gasteiger partial charge on any atom is -0.422 e. The topological polar surface area (TPSA) is 105 Å². The van der Waals surface area contributed by atoms with Crippen molar-refractivity contribution in [2.75, 3.05) is 0 Å². The van der Waals surface area contributed by atoms with Crippen molar-refractivity contribution < 1.29 is 38.1 Å². The second kappa shape index (κ2) is 6.07. The maximum Gasteiger partial charge on any atom is 0.323 e. The Balaban J connectivity index is 1.97. The number of carbonyl (C=O) groups is 4. The van der Waals surface area contributed by atoms with Crippen molar-refractivity contribution in [3.63, 3.8) is 0 Å². The molecule has 24 heavy (non-hydrogen) atoms. The number of rotatable bonds is 4. The van der Waals surface area contributed by atoms with Gasteiger partial charge in [-0.15, -0.1) is 0 Å². The standard InChI is InChI=1S/C16H22O8/c1-8(10-13(19)23-16(4,5)24-14(10)20)6-7-9-11(17)21-15(2,3)22-12(9)18/h8-10H,6-7H2,1-5H3. The van der Waals surface area contributed by atoms with Gasteiger partial charge in [-0.3, -0.25) is 19.2 Å². The van der Waals surface area contributed by atoms with Gasteiger partial charge in [0.1, 0.15) is 0 Å². The van der Waals surface area contributed by atoms with Crippen LogP contribution in [0.2, 0.25) is 0 Å². The lowest BCUT2D eigenvalue weighted by Crippen LogP contribution is -2.49. The van der Waals surface area contributed by atoms with Crippen LogP contribution < -0.4 is 0 Å². The van der Waals surface area contributed by atoms with Crippen LogP contribution in [-0.4, -0.2) is 35.5 Å². The van der Waals surface area contributed by atoms with Gasteiger partial charge in [0, 0.05) is 27.7 Å². The molecule has 0 amide bonds. The minimum atomic E-state index is -1.28. The first kappa shape index (κ1) is 18.2. The van der Waals surface area contributed by atoms with Gasteiger partial charge in [-0.25, -0.2) is 0 Å². The van der Waals surface area contributed by atoms with Crippen molar-refractivity contribution in [1.82, 2.24) is 0 Å². The van der Waals surface area contributed by atoms with E-state index in [2.05, 4.69) is 0 Å². The van der Waals surface area contributed by atoms with Crippen LogP contribution in [0, 0.1) is 17.8 Å². The Hall–Kier alpha value is -2.12. The van der Waals surface area contributed by atoms with Crippen LogP contribution in [-0.2, 0) is 38.1 Å². The average Bonchev–Trinajstić information content (AvgIpc) is 2.33. The monoisotopic (exact) mass is 342 g/mol. The highest BCUT2D eigenvalue weighted by Crippen LogP contribution is 2.32. The van der Waals surface area contributed by atoms with Gasteiger partial charge in [-0.05, 0) is 18.8 Å². The Kier molecular flexibility index (Phi) is 4.61. The molecule has 2 aliphatic heterocycles. The van der Waals surface area contributed by atoms with E-state index >= 15 is 0 Å². The van der Waals surface area contributed by atoms with Gasteiger partial charge in [0.15, 0.2) is 11.8 Å². The molecule has 2 heterocycles. The van der Waals surface area contributed by atoms with Gasteiger partial charge < -0.3 is 18.9 Å². The number of cyclic esters (lactones) is 4. The normalized spacial score (nSPS) is 25.4. The number of esters is 4. The van der Waals surface area contributed by atoms with E-state index in [0.29, 0.717) is 0 Å². The van der Waals surface area contributed by atoms with Crippen LogP contribution >= 0.6 is 0 Å². The Morgan fingerprint density at radius 3 is 1.58 bits per heavy atom. The first-order valence-electron chi connectivity index (χ1n) is 7.83. The van der Waals surface area contributed by atoms with Crippen LogP contribution in [0.5, 0.6) is 0 Å². The van der Waals surface area contributed by atoms with Crippen molar-refractivity contribution in [3.8, 4) is 0 Å². The third-order valence-corrected chi connectivity index (χ3v) is 3.94. The molecule has 8 nitrogen and oxygen atoms in total. The fourth-order valence-electron chi connectivity index (χ4n) is 2.77. The first-order chi connectivity index (χ1) is 10.9. The lowest BCUT2D eigenvalue weighted by atomic mass is 9.86. The molecular weight excluding hydrogens is 320 g/mol. The maximum absolute atomic E-state index is 12.0. The van der Waals surface area contributed by atoms with E-state index in [1.807, 2.05) is 0 Å². The summed E-state index contributed by atoms with van der Waals surface area (Å²) >= 11 is 0. The van der Waals surface area contributed by atoms with Gasteiger partial charge in [0.2, 0.25) is 0 Å². The summed E-state index contributed by atoms with van der Waals surface area (Å²) in [5.74, 6) is -7.84. The minimum absolute atomic E-state index is 0.107. The summed E-state index contributed by atoms with van der Waals surface area (Å²) in [4.78, 5) is 47.9. The van der Waals surface area contributed by atoms with Gasteiger partial charge in [0.05, 0.1) is 0 Å². The third-order valence-electron chi connectivity index (χ3n) is 3.94. The fraction of sp³-hybridized carbons (Fsp3) is 0.750. The molecule has 1 unspecified atom stereocenters. The summed E-state index contributed by atoms with van der Waals surface area (Å²) in [5, 5.41) is 0. The Morgan fingerprint density at radius 1 is 0.792 bits per heavy atom. The van der Waals surface area contributed by atoms with E-state index in [-0.39, 0.29) is 12.8 Å². The smallest absolute Gasteiger partial charge is 0.323 e. The molecule has 0 radical (unpaired) electrons. The number of hydrogen-bond acceptors (Lipinski definition) is 8. The zero-order valence-corrected chi connectivity index (χ0v) is 14.4. The summed E-state index contributed by atoms with van der Waals surface area (Å²) < 4.78 is 20.2. The van der Waals surface area contributed by atoms with E-state index < -0.39 is 53.2 Å². The summed E-state index contributed by atoms with van der Waals surface area (Å²) in [6, 6.07) is 0. The highest BCUT2D eigenvalue weighted by atomic mass is 16.8. The molecule has 0 saturated carbocycles. The van der Waals surface area contributed by atoms with Gasteiger partial charge in [-0.2, -0.15) is 0 Å². The van der Waals surface area contributed by atoms with E-state index in [9.17, 15) is 19.2 Å². The van der Waals surface area contributed by atoms with Crippen molar-refractivity contribution in [3.05, 3.63) is 0 Å². The fourth-order valence-corrected chi connectivity index (χ4v) is 2.77. The van der Waals surface area contributed by atoms with Gasteiger partial charge in [0.25, 0.3) is 11.6 Å². The summed E-state index contributed by atoms with van der Waals surface area (Å²) in [6.45, 7) is 7.54. The average molecular weight is 342 g/mol. The molecule has 0 aromatic carbocycles. The number of hydrogen-bond donors (Lipinski definition) is 0. The Labute approximate surface area is 139 Å². The number of carbonyl (C=O) groups excluding carboxylic acids is 4. The van der Waals surface area contributed by atoms with E-state index in [0.717, 1.165) is 0 Å². The predicted molar refractivity (Wildman–Crippen MR) is 77.9 cm³/mol. The van der Waals surface area contributed by atoms with Gasteiger partial charge >= 0.3 is 23.9 Å². The Morgan fingerprint density at radius 2 is 1.17 bits per heavy atom. The van der Waals surface area contributed by atoms with Crippen LogP contribution in [0.25, 0.3) is 0 Å². The summed E-state index contributed by atoms with van der Waals surface area (Å²) in [5.41, 5.74) is 0. The van der Waals surface area contributed by atoms with Crippen LogP contribution in [0.15, 0.2) is 0 Å². The number of ether oxygens (including phenoxy) is 4. The molecular formula is C16H22O8. The zero-order chi connectivity index (χ0) is 18.3. The van der Waals surface area contributed by atoms with E-state index in [4.69, 9.17) is 18.9 Å². The second-order valence-electron chi connectivity index (χ2n) is 7.07. The molecule has 1 atom stereocenters. The first-order valence-corrected chi connectivity index (χ1v) is 7.83. The lowest BCUT2D eigenvalue weighted by Gasteiger charge is -2.35. The van der Waals surface area contributed by atoms with Crippen LogP contribution in [0.1, 0.15) is 47.5 Å². The lowest BCUT2D eigenvalue weighted by molar-refractivity contribution is -0.242. The highest BCUT2D eigenvalue weighted by molar-refractivity contribution is 5.97. The molecule has 8 heteroatoms. The third kappa shape index (κ3) is 3.85. The summed E-state index contributed by atoms with van der Waals surface area (Å²) in [6.07, 6.45) is 0.361. The quantitative estimate of drug-likeness (QED) is 0.556. The molecule has 2 rings (SSSR count). The summed E-state index contributed by atoms with van der Waals surface area (Å²) in [7, 11) is 0. The molecule has 2 fully saturated rings. The van der Waals surface area contributed by atoms with Gasteiger partial charge in [-0.1, -0.05) is 6.92 Å². The molecule has 0 spiro atoms. The van der Waals surface area contributed by atoms with Crippen LogP contribution in [0.3, 0.4) is 0 Å². The SMILES string of the molecule is CC(CCC1C(=O)OC(C)(C)OC1=O)C1C(=O)OC(C)(C)OC1=O. The van der Waals surface area contributed by atoms with Crippen molar-refractivity contribution in [1.29, 1.82) is 0 Å². The maximum atomic E-state index is 12.0. The zero-order valence-electron chi connectivity index (χ0n) is 14.4. The van der Waals surface area contributed by atoms with E-state index in [1.54, 1.807) is 6.92 Å². The molecule has 2 saturated heterocycles. The highest BCUT2D eigenvalue weighted by Gasteiger charge is 2.47. The molecule has 0 bridgehead atoms. The molecule has 134 valence electrons. The predicted octanol–water partition coefficient (Wildman–Crippen LogP) is 1.31. The van der Waals surface area contributed by atoms with Crippen molar-refractivity contribution in [2.45, 2.75) is 59.0 Å². The van der Waals surface area contributed by atoms with Crippen molar-refractivity contribution >= 4 is 23.9 Å². The molecule has 0 aliphatic carbocycles. The molecule has 0 aromatic heterocycles. The Bertz CT molecular complexity index is 537. The largest absolute Gasteiger partial charge is 0.422 e. The van der Waals surface area contributed by atoms with Crippen LogP contribution in [0.4, 0.5) is 0 Å². The van der Waals surface area contributed by atoms with Crippen molar-refractivity contribution in [2.24, 2.45) is 17.8 Å². The van der Waals surface area contributed by atoms with E-state index in [1.165, 1.54) is 27.7 Å². The second-order valence-corrected chi connectivity index (χ2v) is 7.07. The molecule has 0 N–H and O–H groups in total. The molecule has 2 aliphatic rings. The molecule has 0 aromatic rings.